The fourth-order valence-corrected chi connectivity index (χ4v) is 4.47. The van der Waals surface area contributed by atoms with Crippen LogP contribution in [0.4, 0.5) is 0 Å². The van der Waals surface area contributed by atoms with Crippen LogP contribution in [0.15, 0.2) is 65.7 Å². The van der Waals surface area contributed by atoms with Gasteiger partial charge in [0.15, 0.2) is 0 Å². The van der Waals surface area contributed by atoms with E-state index in [2.05, 4.69) is 39.7 Å². The molecule has 33 heavy (non-hydrogen) atoms. The van der Waals surface area contributed by atoms with Gasteiger partial charge in [-0.25, -0.2) is 4.79 Å². The lowest BCUT2D eigenvalue weighted by molar-refractivity contribution is 0.0681. The molecule has 0 bridgehead atoms. The monoisotopic (exact) mass is 442 g/mol. The van der Waals surface area contributed by atoms with Gasteiger partial charge in [-0.15, -0.1) is 0 Å². The molecule has 0 saturated heterocycles. The quantitative estimate of drug-likeness (QED) is 0.377. The molecule has 0 aliphatic heterocycles. The normalized spacial score (nSPS) is 12.4. The molecule has 4 aromatic rings. The predicted molar refractivity (Wildman–Crippen MR) is 125 cm³/mol. The number of fused-ring (bicyclic) bond motifs is 3. The third-order valence-electron chi connectivity index (χ3n) is 6.18. The molecule has 1 aliphatic rings. The van der Waals surface area contributed by atoms with Gasteiger partial charge in [-0.2, -0.15) is 5.10 Å². The zero-order valence-corrected chi connectivity index (χ0v) is 18.3. The maximum atomic E-state index is 12.0. The molecule has 1 aromatic carbocycles. The van der Waals surface area contributed by atoms with Crippen molar-refractivity contribution in [3.63, 3.8) is 0 Å². The van der Waals surface area contributed by atoms with E-state index < -0.39 is 5.97 Å². The van der Waals surface area contributed by atoms with E-state index in [4.69, 9.17) is 4.42 Å². The number of hydrogen-bond donors (Lipinski definition) is 2. The molecule has 0 spiro atoms. The molecule has 0 saturated carbocycles. The minimum absolute atomic E-state index is 0.324. The number of hydrogen-bond acceptors (Lipinski definition) is 5. The van der Waals surface area contributed by atoms with Crippen LogP contribution in [0, 0.1) is 0 Å². The van der Waals surface area contributed by atoms with Crippen molar-refractivity contribution in [2.45, 2.75) is 32.2 Å². The molecule has 3 heterocycles. The number of nitrogens with one attached hydrogen (secondary N) is 1. The van der Waals surface area contributed by atoms with Crippen molar-refractivity contribution in [3.05, 3.63) is 83.7 Å². The van der Waals surface area contributed by atoms with Crippen LogP contribution >= 0.6 is 0 Å². The van der Waals surface area contributed by atoms with Crippen LogP contribution in [0.1, 0.15) is 33.6 Å². The first-order valence-electron chi connectivity index (χ1n) is 11.3. The van der Waals surface area contributed by atoms with E-state index in [9.17, 15) is 9.90 Å². The molecule has 0 fully saturated rings. The Morgan fingerprint density at radius 2 is 1.97 bits per heavy atom. The maximum Gasteiger partial charge on any atom is 0.354 e. The first-order valence-corrected chi connectivity index (χ1v) is 11.3. The Balaban J connectivity index is 1.14. The van der Waals surface area contributed by atoms with E-state index in [-0.39, 0.29) is 0 Å². The topological polar surface area (TPSA) is 93.2 Å². The van der Waals surface area contributed by atoms with Gasteiger partial charge in [0.05, 0.1) is 18.2 Å². The number of aromatic nitrogens is 3. The Bertz CT molecular complexity index is 1240. The number of carboxylic acid groups (broad SMARTS) is 1. The smallest absolute Gasteiger partial charge is 0.354 e. The highest BCUT2D eigenvalue weighted by Crippen LogP contribution is 2.34. The van der Waals surface area contributed by atoms with E-state index in [1.807, 2.05) is 18.3 Å². The van der Waals surface area contributed by atoms with E-state index >= 15 is 0 Å². The molecule has 0 atom stereocenters. The van der Waals surface area contributed by atoms with Gasteiger partial charge in [0.1, 0.15) is 5.69 Å². The van der Waals surface area contributed by atoms with Gasteiger partial charge in [-0.1, -0.05) is 24.3 Å². The molecule has 7 nitrogen and oxygen atoms in total. The summed E-state index contributed by atoms with van der Waals surface area (Å²) in [6, 6.07) is 12.4. The summed E-state index contributed by atoms with van der Waals surface area (Å²) in [5.41, 5.74) is 7.60. The van der Waals surface area contributed by atoms with Crippen LogP contribution in [-0.2, 0) is 25.8 Å². The maximum absolute atomic E-state index is 12.0. The van der Waals surface area contributed by atoms with Crippen molar-refractivity contribution < 1.29 is 14.3 Å². The molecule has 2 N–H and O–H groups in total. The largest absolute Gasteiger partial charge is 0.477 e. The second-order valence-electron chi connectivity index (χ2n) is 8.30. The summed E-state index contributed by atoms with van der Waals surface area (Å²) in [5, 5.41) is 18.0. The third kappa shape index (κ3) is 4.45. The molecule has 3 aromatic heterocycles. The van der Waals surface area contributed by atoms with Crippen LogP contribution in [0.5, 0.6) is 0 Å². The summed E-state index contributed by atoms with van der Waals surface area (Å²) in [7, 11) is 0. The van der Waals surface area contributed by atoms with Crippen molar-refractivity contribution in [1.82, 2.24) is 20.1 Å². The summed E-state index contributed by atoms with van der Waals surface area (Å²) in [5.74, 6) is -0.909. The summed E-state index contributed by atoms with van der Waals surface area (Å²) < 4.78 is 6.81. The van der Waals surface area contributed by atoms with Crippen LogP contribution < -0.4 is 5.32 Å². The number of pyridine rings is 1. The van der Waals surface area contributed by atoms with Crippen molar-refractivity contribution in [2.75, 3.05) is 13.1 Å². The van der Waals surface area contributed by atoms with Crippen LogP contribution in [0.3, 0.4) is 0 Å². The van der Waals surface area contributed by atoms with Gasteiger partial charge in [-0.3, -0.25) is 9.67 Å². The fraction of sp³-hybridized carbons (Fsp3) is 0.269. The van der Waals surface area contributed by atoms with Crippen molar-refractivity contribution in [1.29, 1.82) is 0 Å². The van der Waals surface area contributed by atoms with E-state index in [1.165, 1.54) is 5.56 Å². The molecule has 1 aliphatic carbocycles. The van der Waals surface area contributed by atoms with Crippen molar-refractivity contribution >= 4 is 5.97 Å². The number of furan rings is 1. The molecule has 0 radical (unpaired) electrons. The second-order valence-corrected chi connectivity index (χ2v) is 8.30. The summed E-state index contributed by atoms with van der Waals surface area (Å²) in [6.07, 6.45) is 10.3. The summed E-state index contributed by atoms with van der Waals surface area (Å²) >= 11 is 0. The van der Waals surface area contributed by atoms with Crippen LogP contribution in [0.2, 0.25) is 0 Å². The molecule has 0 amide bonds. The Kier molecular flexibility index (Phi) is 6.04. The number of carbonyl (C=O) groups is 1. The standard InChI is InChI=1S/C26H26N4O3/c31-26(32)25-23-7-6-20-16-28-13-9-22(20)24(23)29-30(25)14-1-11-27-12-8-18-2-4-19(5-3-18)21-10-15-33-17-21/h2-5,9-10,13,15-17,27H,1,6-8,11-12,14H2,(H,31,32). The lowest BCUT2D eigenvalue weighted by Gasteiger charge is -2.14. The van der Waals surface area contributed by atoms with E-state index in [0.29, 0.717) is 18.7 Å². The van der Waals surface area contributed by atoms with Crippen LogP contribution in [0.25, 0.3) is 22.4 Å². The zero-order valence-electron chi connectivity index (χ0n) is 18.3. The number of rotatable bonds is 9. The Labute approximate surface area is 192 Å². The minimum Gasteiger partial charge on any atom is -0.477 e. The molecule has 168 valence electrons. The van der Waals surface area contributed by atoms with E-state index in [1.54, 1.807) is 23.4 Å². The number of nitrogens with zero attached hydrogens (tertiary/aromatic N) is 3. The average Bonchev–Trinajstić information content (AvgIpc) is 3.50. The van der Waals surface area contributed by atoms with Crippen molar-refractivity contribution in [2.24, 2.45) is 0 Å². The molecule has 0 unspecified atom stereocenters. The Morgan fingerprint density at radius 1 is 1.09 bits per heavy atom. The van der Waals surface area contributed by atoms with E-state index in [0.717, 1.165) is 65.9 Å². The highest BCUT2D eigenvalue weighted by Gasteiger charge is 2.27. The van der Waals surface area contributed by atoms with Gasteiger partial charge < -0.3 is 14.8 Å². The Hall–Kier alpha value is -3.71. The summed E-state index contributed by atoms with van der Waals surface area (Å²) in [4.78, 5) is 16.2. The lowest BCUT2D eigenvalue weighted by atomic mass is 9.90. The number of aromatic carboxylic acids is 1. The van der Waals surface area contributed by atoms with Gasteiger partial charge in [-0.05, 0) is 67.6 Å². The number of carboxylic acids is 1. The SMILES string of the molecule is O=C(O)c1c2c(nn1CCCNCCc1ccc(-c3ccoc3)cc1)-c1ccncc1CC2. The molecule has 7 heteroatoms. The first-order chi connectivity index (χ1) is 16.2. The fourth-order valence-electron chi connectivity index (χ4n) is 4.47. The highest BCUT2D eigenvalue weighted by atomic mass is 16.4. The predicted octanol–water partition coefficient (Wildman–Crippen LogP) is 4.22. The zero-order chi connectivity index (χ0) is 22.6. The average molecular weight is 443 g/mol. The first kappa shape index (κ1) is 21.2. The lowest BCUT2D eigenvalue weighted by Crippen LogP contribution is -2.21. The number of benzene rings is 1. The Morgan fingerprint density at radius 3 is 2.76 bits per heavy atom. The minimum atomic E-state index is -0.909. The molecular formula is C26H26N4O3. The van der Waals surface area contributed by atoms with Gasteiger partial charge >= 0.3 is 5.97 Å². The van der Waals surface area contributed by atoms with Crippen LogP contribution in [-0.4, -0.2) is 38.9 Å². The third-order valence-corrected chi connectivity index (χ3v) is 6.18. The van der Waals surface area contributed by atoms with Gasteiger partial charge in [0, 0.05) is 35.6 Å². The summed E-state index contributed by atoms with van der Waals surface area (Å²) in [6.45, 7) is 2.24. The second kappa shape index (κ2) is 9.42. The van der Waals surface area contributed by atoms with Gasteiger partial charge in [0.2, 0.25) is 0 Å². The number of aryl methyl sites for hydroxylation is 2. The van der Waals surface area contributed by atoms with Gasteiger partial charge in [0.25, 0.3) is 0 Å². The van der Waals surface area contributed by atoms with Crippen molar-refractivity contribution in [3.8, 4) is 22.4 Å². The molecular weight excluding hydrogens is 416 g/mol. The highest BCUT2D eigenvalue weighted by molar-refractivity contribution is 5.90. The molecule has 5 rings (SSSR count).